The number of ether oxygens (including phenoxy) is 1. The van der Waals surface area contributed by atoms with Crippen molar-refractivity contribution in [2.75, 3.05) is 6.61 Å². The van der Waals surface area contributed by atoms with Crippen LogP contribution >= 0.6 is 15.9 Å². The first kappa shape index (κ1) is 14.8. The summed E-state index contributed by atoms with van der Waals surface area (Å²) in [5, 5.41) is 2.27. The number of hydrogen-bond donors (Lipinski definition) is 0. The van der Waals surface area contributed by atoms with Crippen molar-refractivity contribution >= 4 is 32.7 Å². The van der Waals surface area contributed by atoms with Crippen LogP contribution in [0.4, 0.5) is 0 Å². The van der Waals surface area contributed by atoms with Crippen LogP contribution in [-0.4, -0.2) is 12.6 Å². The molecule has 0 heterocycles. The SMILES string of the molecule is CCOC(=O)c1ccc(Br)cc1-c1cccc2ccccc12. The highest BCUT2D eigenvalue weighted by molar-refractivity contribution is 9.10. The average molecular weight is 355 g/mol. The molecule has 0 aromatic heterocycles. The van der Waals surface area contributed by atoms with E-state index in [1.54, 1.807) is 6.07 Å². The zero-order chi connectivity index (χ0) is 15.5. The molecule has 0 fully saturated rings. The summed E-state index contributed by atoms with van der Waals surface area (Å²) in [6.45, 7) is 2.18. The first-order valence-corrected chi connectivity index (χ1v) is 7.95. The monoisotopic (exact) mass is 354 g/mol. The Labute approximate surface area is 137 Å². The van der Waals surface area contributed by atoms with Gasteiger partial charge in [-0.2, -0.15) is 0 Å². The minimum absolute atomic E-state index is 0.294. The Balaban J connectivity index is 2.26. The van der Waals surface area contributed by atoms with Gasteiger partial charge in [0.1, 0.15) is 0 Å². The summed E-state index contributed by atoms with van der Waals surface area (Å²) in [7, 11) is 0. The van der Waals surface area contributed by atoms with E-state index in [1.165, 1.54) is 0 Å². The Morgan fingerprint density at radius 3 is 2.59 bits per heavy atom. The molecule has 0 unspecified atom stereocenters. The van der Waals surface area contributed by atoms with Crippen molar-refractivity contribution in [1.29, 1.82) is 0 Å². The van der Waals surface area contributed by atoms with Crippen molar-refractivity contribution in [2.24, 2.45) is 0 Å². The zero-order valence-corrected chi connectivity index (χ0v) is 13.8. The quantitative estimate of drug-likeness (QED) is 0.585. The summed E-state index contributed by atoms with van der Waals surface area (Å²) >= 11 is 3.49. The second kappa shape index (κ2) is 6.32. The van der Waals surface area contributed by atoms with E-state index < -0.39 is 0 Å². The van der Waals surface area contributed by atoms with E-state index in [1.807, 2.05) is 43.3 Å². The van der Waals surface area contributed by atoms with Gasteiger partial charge >= 0.3 is 5.97 Å². The molecule has 0 aliphatic carbocycles. The fraction of sp³-hybridized carbons (Fsp3) is 0.105. The van der Waals surface area contributed by atoms with E-state index in [0.717, 1.165) is 26.4 Å². The highest BCUT2D eigenvalue weighted by atomic mass is 79.9. The maximum atomic E-state index is 12.2. The fourth-order valence-electron chi connectivity index (χ4n) is 2.59. The molecule has 3 heteroatoms. The molecular weight excluding hydrogens is 340 g/mol. The maximum Gasteiger partial charge on any atom is 0.338 e. The molecule has 0 aliphatic heterocycles. The molecule has 3 aromatic rings. The van der Waals surface area contributed by atoms with Crippen molar-refractivity contribution in [3.63, 3.8) is 0 Å². The zero-order valence-electron chi connectivity index (χ0n) is 12.2. The van der Waals surface area contributed by atoms with Crippen LogP contribution in [-0.2, 0) is 4.74 Å². The lowest BCUT2D eigenvalue weighted by Crippen LogP contribution is -2.06. The van der Waals surface area contributed by atoms with Gasteiger partial charge in [0.15, 0.2) is 0 Å². The summed E-state index contributed by atoms with van der Waals surface area (Å²) in [4.78, 5) is 12.2. The molecule has 0 atom stereocenters. The van der Waals surface area contributed by atoms with Crippen LogP contribution in [0.15, 0.2) is 65.1 Å². The molecule has 3 aromatic carbocycles. The van der Waals surface area contributed by atoms with Crippen LogP contribution in [0.25, 0.3) is 21.9 Å². The van der Waals surface area contributed by atoms with Crippen LogP contribution in [0.5, 0.6) is 0 Å². The Morgan fingerprint density at radius 1 is 1.00 bits per heavy atom. The highest BCUT2D eigenvalue weighted by Gasteiger charge is 2.15. The molecule has 0 bridgehead atoms. The normalized spacial score (nSPS) is 10.6. The van der Waals surface area contributed by atoms with Gasteiger partial charge in [-0.25, -0.2) is 4.79 Å². The predicted molar refractivity (Wildman–Crippen MR) is 93.0 cm³/mol. The molecule has 0 saturated carbocycles. The molecule has 0 amide bonds. The lowest BCUT2D eigenvalue weighted by atomic mass is 9.95. The smallest absolute Gasteiger partial charge is 0.338 e. The number of esters is 1. The van der Waals surface area contributed by atoms with Crippen LogP contribution < -0.4 is 0 Å². The second-order valence-electron chi connectivity index (χ2n) is 4.94. The van der Waals surface area contributed by atoms with Crippen LogP contribution in [0.2, 0.25) is 0 Å². The Bertz CT molecular complexity index is 834. The van der Waals surface area contributed by atoms with Gasteiger partial charge in [0.05, 0.1) is 12.2 Å². The number of carbonyl (C=O) groups is 1. The topological polar surface area (TPSA) is 26.3 Å². The number of rotatable bonds is 3. The van der Waals surface area contributed by atoms with Gasteiger partial charge in [-0.1, -0.05) is 58.4 Å². The first-order valence-electron chi connectivity index (χ1n) is 7.15. The predicted octanol–water partition coefficient (Wildman–Crippen LogP) is 5.45. The van der Waals surface area contributed by atoms with E-state index in [0.29, 0.717) is 12.2 Å². The Hall–Kier alpha value is -2.13. The Kier molecular flexibility index (Phi) is 4.25. The van der Waals surface area contributed by atoms with E-state index in [4.69, 9.17) is 4.74 Å². The average Bonchev–Trinajstić information content (AvgIpc) is 2.54. The van der Waals surface area contributed by atoms with Crippen LogP contribution in [0.3, 0.4) is 0 Å². The van der Waals surface area contributed by atoms with Crippen LogP contribution in [0.1, 0.15) is 17.3 Å². The molecule has 0 saturated heterocycles. The van der Waals surface area contributed by atoms with Crippen molar-refractivity contribution in [1.82, 2.24) is 0 Å². The summed E-state index contributed by atoms with van der Waals surface area (Å²) in [5.41, 5.74) is 2.49. The maximum absolute atomic E-state index is 12.2. The van der Waals surface area contributed by atoms with Crippen molar-refractivity contribution in [2.45, 2.75) is 6.92 Å². The third kappa shape index (κ3) is 2.77. The number of benzene rings is 3. The largest absolute Gasteiger partial charge is 0.462 e. The van der Waals surface area contributed by atoms with Gasteiger partial charge in [-0.05, 0) is 47.0 Å². The lowest BCUT2D eigenvalue weighted by Gasteiger charge is -2.12. The van der Waals surface area contributed by atoms with E-state index in [9.17, 15) is 4.79 Å². The van der Waals surface area contributed by atoms with Gasteiger partial charge in [-0.15, -0.1) is 0 Å². The molecule has 3 rings (SSSR count). The van der Waals surface area contributed by atoms with Gasteiger partial charge in [0.25, 0.3) is 0 Å². The summed E-state index contributed by atoms with van der Waals surface area (Å²) in [5.74, 6) is -0.294. The van der Waals surface area contributed by atoms with E-state index >= 15 is 0 Å². The number of fused-ring (bicyclic) bond motifs is 1. The molecule has 2 nitrogen and oxygen atoms in total. The van der Waals surface area contributed by atoms with Gasteiger partial charge in [0.2, 0.25) is 0 Å². The van der Waals surface area contributed by atoms with E-state index in [-0.39, 0.29) is 5.97 Å². The molecule has 0 spiro atoms. The molecule has 22 heavy (non-hydrogen) atoms. The first-order chi connectivity index (χ1) is 10.7. The lowest BCUT2D eigenvalue weighted by molar-refractivity contribution is 0.0527. The molecule has 0 aliphatic rings. The van der Waals surface area contributed by atoms with Crippen molar-refractivity contribution in [3.05, 3.63) is 70.7 Å². The second-order valence-corrected chi connectivity index (χ2v) is 5.85. The van der Waals surface area contributed by atoms with Gasteiger partial charge < -0.3 is 4.74 Å². The third-order valence-electron chi connectivity index (χ3n) is 3.56. The van der Waals surface area contributed by atoms with Crippen LogP contribution in [0, 0.1) is 0 Å². The third-order valence-corrected chi connectivity index (χ3v) is 4.05. The van der Waals surface area contributed by atoms with Crippen molar-refractivity contribution < 1.29 is 9.53 Å². The van der Waals surface area contributed by atoms with Gasteiger partial charge in [0, 0.05) is 4.47 Å². The molecule has 110 valence electrons. The Morgan fingerprint density at radius 2 is 1.77 bits per heavy atom. The minimum atomic E-state index is -0.294. The molecular formula is C19H15BrO2. The summed E-state index contributed by atoms with van der Waals surface area (Å²) in [6, 6.07) is 19.9. The number of halogens is 1. The highest BCUT2D eigenvalue weighted by Crippen LogP contribution is 2.33. The summed E-state index contributed by atoms with van der Waals surface area (Å²) < 4.78 is 6.12. The summed E-state index contributed by atoms with van der Waals surface area (Å²) in [6.07, 6.45) is 0. The minimum Gasteiger partial charge on any atom is -0.462 e. The van der Waals surface area contributed by atoms with Crippen molar-refractivity contribution in [3.8, 4) is 11.1 Å². The molecule has 0 N–H and O–H groups in total. The van der Waals surface area contributed by atoms with Gasteiger partial charge in [-0.3, -0.25) is 0 Å². The van der Waals surface area contributed by atoms with E-state index in [2.05, 4.69) is 34.1 Å². The number of hydrogen-bond acceptors (Lipinski definition) is 2. The number of carbonyl (C=O) groups excluding carboxylic acids is 1. The molecule has 0 radical (unpaired) electrons. The fourth-order valence-corrected chi connectivity index (χ4v) is 2.95. The standard InChI is InChI=1S/C19H15BrO2/c1-2-22-19(21)17-11-10-14(20)12-18(17)16-9-5-7-13-6-3-4-8-15(13)16/h3-12H,2H2,1H3.